The summed E-state index contributed by atoms with van der Waals surface area (Å²) in [5.74, 6) is -4.46. The predicted octanol–water partition coefficient (Wildman–Crippen LogP) is 0.755. The lowest BCUT2D eigenvalue weighted by atomic mass is 10.3. The summed E-state index contributed by atoms with van der Waals surface area (Å²) in [6.07, 6.45) is 0. The maximum absolute atomic E-state index is 13.5. The van der Waals surface area contributed by atoms with E-state index in [1.54, 1.807) is 0 Å². The quantitative estimate of drug-likeness (QED) is 0.810. The minimum absolute atomic E-state index is 0.241. The van der Waals surface area contributed by atoms with E-state index in [0.717, 1.165) is 0 Å². The molecule has 0 aromatic heterocycles. The molecule has 0 spiro atoms. The van der Waals surface area contributed by atoms with Gasteiger partial charge in [-0.15, -0.1) is 0 Å². The van der Waals surface area contributed by atoms with Gasteiger partial charge in [0.2, 0.25) is 0 Å². The lowest BCUT2D eigenvalue weighted by Crippen LogP contribution is -2.20. The van der Waals surface area contributed by atoms with Gasteiger partial charge in [0.25, 0.3) is 0 Å². The van der Waals surface area contributed by atoms with Gasteiger partial charge in [0.15, 0.2) is 19.7 Å². The lowest BCUT2D eigenvalue weighted by molar-refractivity contribution is 0.520. The van der Waals surface area contributed by atoms with Crippen molar-refractivity contribution in [2.45, 2.75) is 11.8 Å². The summed E-state index contributed by atoms with van der Waals surface area (Å²) in [6, 6.07) is 1.34. The lowest BCUT2D eigenvalue weighted by Gasteiger charge is -2.08. The molecule has 0 aliphatic rings. The van der Waals surface area contributed by atoms with E-state index in [-0.39, 0.29) is 11.4 Å². The van der Waals surface area contributed by atoms with Crippen LogP contribution in [0.25, 0.3) is 0 Å². The van der Waals surface area contributed by atoms with Crippen molar-refractivity contribution < 1.29 is 25.6 Å². The van der Waals surface area contributed by atoms with Crippen LogP contribution in [0.5, 0.6) is 0 Å². The first kappa shape index (κ1) is 15.8. The van der Waals surface area contributed by atoms with Crippen LogP contribution < -0.4 is 5.73 Å². The Labute approximate surface area is 110 Å². The Hall–Kier alpha value is -1.22. The van der Waals surface area contributed by atoms with Gasteiger partial charge in [0.1, 0.15) is 16.5 Å². The third-order valence-electron chi connectivity index (χ3n) is 2.43. The number of hydrogen-bond acceptors (Lipinski definition) is 5. The van der Waals surface area contributed by atoms with Gasteiger partial charge in [-0.25, -0.2) is 25.6 Å². The summed E-state index contributed by atoms with van der Waals surface area (Å²) in [5, 5.41) is 0. The largest absolute Gasteiger partial charge is 0.399 e. The van der Waals surface area contributed by atoms with E-state index in [4.69, 9.17) is 5.73 Å². The van der Waals surface area contributed by atoms with Gasteiger partial charge in [-0.3, -0.25) is 0 Å². The van der Waals surface area contributed by atoms with Crippen molar-refractivity contribution in [3.63, 3.8) is 0 Å². The Morgan fingerprint density at radius 2 is 1.53 bits per heavy atom. The van der Waals surface area contributed by atoms with Gasteiger partial charge in [-0.2, -0.15) is 0 Å². The average molecular weight is 313 g/mol. The minimum Gasteiger partial charge on any atom is -0.399 e. The van der Waals surface area contributed by atoms with Gasteiger partial charge in [0, 0.05) is 11.4 Å². The maximum Gasteiger partial charge on any atom is 0.185 e. The highest BCUT2D eigenvalue weighted by Gasteiger charge is 2.26. The predicted molar refractivity (Wildman–Crippen MR) is 67.2 cm³/mol. The molecule has 5 nitrogen and oxygen atoms in total. The molecule has 2 N–H and O–H groups in total. The molecule has 0 radical (unpaired) electrons. The molecule has 0 saturated carbocycles. The fraction of sp³-hybridized carbons (Fsp3) is 0.400. The van der Waals surface area contributed by atoms with Crippen LogP contribution in [-0.2, 0) is 19.7 Å². The Balaban J connectivity index is 3.16. The zero-order valence-electron chi connectivity index (χ0n) is 10.1. The van der Waals surface area contributed by atoms with E-state index < -0.39 is 47.7 Å². The fourth-order valence-electron chi connectivity index (χ4n) is 1.36. The van der Waals surface area contributed by atoms with E-state index in [1.807, 2.05) is 0 Å². The highest BCUT2D eigenvalue weighted by molar-refractivity contribution is 7.95. The van der Waals surface area contributed by atoms with Gasteiger partial charge < -0.3 is 5.73 Å². The topological polar surface area (TPSA) is 94.3 Å². The van der Waals surface area contributed by atoms with Gasteiger partial charge in [-0.1, -0.05) is 6.92 Å². The van der Waals surface area contributed by atoms with Crippen LogP contribution in [0.15, 0.2) is 17.0 Å². The van der Waals surface area contributed by atoms with Crippen LogP contribution in [0.3, 0.4) is 0 Å². The van der Waals surface area contributed by atoms with E-state index >= 15 is 0 Å². The molecule has 0 aliphatic carbocycles. The summed E-state index contributed by atoms with van der Waals surface area (Å²) in [7, 11) is -7.91. The zero-order chi connectivity index (χ0) is 14.8. The molecule has 19 heavy (non-hydrogen) atoms. The molecule has 1 rings (SSSR count). The Kier molecular flexibility index (Phi) is 4.51. The SMILES string of the molecule is CCS(=O)(=O)CCS(=O)(=O)c1c(F)cc(N)cc1F. The number of hydrogen-bond donors (Lipinski definition) is 1. The van der Waals surface area contributed by atoms with Crippen molar-refractivity contribution in [1.82, 2.24) is 0 Å². The molecule has 0 fully saturated rings. The summed E-state index contributed by atoms with van der Waals surface area (Å²) in [6.45, 7) is 1.35. The molecule has 9 heteroatoms. The molecule has 0 saturated heterocycles. The standard InChI is InChI=1S/C10H13F2NO4S2/c1-2-18(14,15)3-4-19(16,17)10-8(11)5-7(13)6-9(10)12/h5-6H,2-4,13H2,1H3. The molecule has 0 unspecified atom stereocenters. The molecule has 0 heterocycles. The monoisotopic (exact) mass is 313 g/mol. The normalized spacial score (nSPS) is 12.6. The highest BCUT2D eigenvalue weighted by atomic mass is 32.2. The molecular weight excluding hydrogens is 300 g/mol. The summed E-state index contributed by atoms with van der Waals surface area (Å²) < 4.78 is 72.9. The van der Waals surface area contributed by atoms with E-state index in [2.05, 4.69) is 0 Å². The summed E-state index contributed by atoms with van der Waals surface area (Å²) in [5.41, 5.74) is 4.91. The van der Waals surface area contributed by atoms with Crippen LogP contribution >= 0.6 is 0 Å². The second kappa shape index (κ2) is 5.41. The Morgan fingerprint density at radius 1 is 1.05 bits per heavy atom. The highest BCUT2D eigenvalue weighted by Crippen LogP contribution is 2.23. The van der Waals surface area contributed by atoms with Crippen molar-refractivity contribution in [2.24, 2.45) is 0 Å². The molecule has 1 aromatic carbocycles. The first-order valence-electron chi connectivity index (χ1n) is 5.27. The fourth-order valence-corrected chi connectivity index (χ4v) is 4.46. The zero-order valence-corrected chi connectivity index (χ0v) is 11.7. The second-order valence-corrected chi connectivity index (χ2v) is 8.39. The average Bonchev–Trinajstić information content (AvgIpc) is 2.25. The van der Waals surface area contributed by atoms with E-state index in [9.17, 15) is 25.6 Å². The molecule has 0 amide bonds. The molecule has 1 aromatic rings. The first-order valence-corrected chi connectivity index (χ1v) is 8.74. The smallest absolute Gasteiger partial charge is 0.185 e. The third-order valence-corrected chi connectivity index (χ3v) is 6.15. The maximum atomic E-state index is 13.5. The second-order valence-electron chi connectivity index (χ2n) is 3.87. The minimum atomic E-state index is -4.37. The number of anilines is 1. The van der Waals surface area contributed by atoms with Crippen molar-refractivity contribution in [1.29, 1.82) is 0 Å². The number of halogens is 2. The number of rotatable bonds is 5. The van der Waals surface area contributed by atoms with Gasteiger partial charge >= 0.3 is 0 Å². The van der Waals surface area contributed by atoms with Crippen LogP contribution in [0.2, 0.25) is 0 Å². The number of nitrogen functional groups attached to an aromatic ring is 1. The number of nitrogens with two attached hydrogens (primary N) is 1. The van der Waals surface area contributed by atoms with Crippen molar-refractivity contribution >= 4 is 25.4 Å². The molecule has 108 valence electrons. The van der Waals surface area contributed by atoms with Crippen molar-refractivity contribution in [2.75, 3.05) is 23.0 Å². The van der Waals surface area contributed by atoms with Crippen molar-refractivity contribution in [3.8, 4) is 0 Å². The molecular formula is C10H13F2NO4S2. The number of benzene rings is 1. The molecule has 0 bridgehead atoms. The van der Waals surface area contributed by atoms with Crippen LogP contribution in [0, 0.1) is 11.6 Å². The first-order chi connectivity index (χ1) is 8.59. The van der Waals surface area contributed by atoms with Crippen molar-refractivity contribution in [3.05, 3.63) is 23.8 Å². The van der Waals surface area contributed by atoms with E-state index in [1.165, 1.54) is 6.92 Å². The molecule has 0 atom stereocenters. The molecule has 0 aliphatic heterocycles. The van der Waals surface area contributed by atoms with E-state index in [0.29, 0.717) is 12.1 Å². The van der Waals surface area contributed by atoms with Gasteiger partial charge in [-0.05, 0) is 12.1 Å². The number of sulfone groups is 2. The van der Waals surface area contributed by atoms with Crippen LogP contribution in [0.4, 0.5) is 14.5 Å². The van der Waals surface area contributed by atoms with Crippen LogP contribution in [-0.4, -0.2) is 34.1 Å². The summed E-state index contributed by atoms with van der Waals surface area (Å²) in [4.78, 5) is -1.15. The Bertz CT molecular complexity index is 660. The van der Waals surface area contributed by atoms with Crippen LogP contribution in [0.1, 0.15) is 6.92 Å². The Morgan fingerprint density at radius 3 is 1.95 bits per heavy atom. The summed E-state index contributed by atoms with van der Waals surface area (Å²) >= 11 is 0. The van der Waals surface area contributed by atoms with Gasteiger partial charge in [0.05, 0.1) is 11.5 Å². The third kappa shape index (κ3) is 3.87.